The van der Waals surface area contributed by atoms with E-state index in [4.69, 9.17) is 5.73 Å². The van der Waals surface area contributed by atoms with Crippen LogP contribution in [0, 0.1) is 0 Å². The van der Waals surface area contributed by atoms with Crippen molar-refractivity contribution in [2.45, 2.75) is 38.8 Å². The van der Waals surface area contributed by atoms with E-state index >= 15 is 0 Å². The quantitative estimate of drug-likeness (QED) is 0.900. The second kappa shape index (κ2) is 6.10. The van der Waals surface area contributed by atoms with Crippen molar-refractivity contribution in [2.75, 3.05) is 5.32 Å². The molecule has 1 aromatic carbocycles. The van der Waals surface area contributed by atoms with Crippen LogP contribution in [0.25, 0.3) is 0 Å². The lowest BCUT2D eigenvalue weighted by molar-refractivity contribution is -0.116. The van der Waals surface area contributed by atoms with E-state index < -0.39 is 0 Å². The van der Waals surface area contributed by atoms with Gasteiger partial charge in [-0.25, -0.2) is 4.98 Å². The number of anilines is 1. The Morgan fingerprint density at radius 1 is 1.29 bits per heavy atom. The Morgan fingerprint density at radius 2 is 2.10 bits per heavy atom. The SMILES string of the molecule is NCc1ccccc1NC(=O)Cn1cnc2c1CCCC2. The molecule has 5 nitrogen and oxygen atoms in total. The van der Waals surface area contributed by atoms with Crippen LogP contribution in [0.5, 0.6) is 0 Å². The molecule has 1 amide bonds. The standard InChI is InChI=1S/C16H20N4O/c17-9-12-5-1-2-6-13(12)19-16(21)10-20-11-18-14-7-3-4-8-15(14)20/h1-2,5-6,11H,3-4,7-10,17H2,(H,19,21). The molecular formula is C16H20N4O. The first-order valence-corrected chi connectivity index (χ1v) is 7.38. The number of hydrogen-bond donors (Lipinski definition) is 2. The van der Waals surface area contributed by atoms with Crippen molar-refractivity contribution < 1.29 is 4.79 Å². The molecule has 0 bridgehead atoms. The van der Waals surface area contributed by atoms with Crippen molar-refractivity contribution in [2.24, 2.45) is 5.73 Å². The number of aromatic nitrogens is 2. The van der Waals surface area contributed by atoms with Crippen LogP contribution in [0.15, 0.2) is 30.6 Å². The summed E-state index contributed by atoms with van der Waals surface area (Å²) < 4.78 is 1.97. The highest BCUT2D eigenvalue weighted by Crippen LogP contribution is 2.20. The highest BCUT2D eigenvalue weighted by atomic mass is 16.1. The van der Waals surface area contributed by atoms with Crippen molar-refractivity contribution in [1.82, 2.24) is 9.55 Å². The van der Waals surface area contributed by atoms with Crippen LogP contribution in [-0.4, -0.2) is 15.5 Å². The van der Waals surface area contributed by atoms with Crippen LogP contribution < -0.4 is 11.1 Å². The Hall–Kier alpha value is -2.14. The van der Waals surface area contributed by atoms with Gasteiger partial charge in [0.15, 0.2) is 0 Å². The molecule has 0 saturated carbocycles. The molecule has 0 aliphatic heterocycles. The first-order chi connectivity index (χ1) is 10.3. The molecule has 0 atom stereocenters. The minimum atomic E-state index is -0.0401. The molecular weight excluding hydrogens is 264 g/mol. The van der Waals surface area contributed by atoms with Crippen LogP contribution in [-0.2, 0) is 30.7 Å². The third-order valence-corrected chi connectivity index (χ3v) is 3.94. The normalized spacial score (nSPS) is 13.8. The Labute approximate surface area is 124 Å². The number of nitrogens with zero attached hydrogens (tertiary/aromatic N) is 2. The number of carbonyl (C=O) groups is 1. The monoisotopic (exact) mass is 284 g/mol. The fourth-order valence-electron chi connectivity index (χ4n) is 2.83. The van der Waals surface area contributed by atoms with E-state index in [1.54, 1.807) is 6.33 Å². The smallest absolute Gasteiger partial charge is 0.244 e. The zero-order valence-corrected chi connectivity index (χ0v) is 12.0. The maximum absolute atomic E-state index is 12.2. The Balaban J connectivity index is 1.71. The Bertz CT molecular complexity index is 647. The molecule has 0 saturated heterocycles. The molecule has 1 aliphatic carbocycles. The topological polar surface area (TPSA) is 72.9 Å². The van der Waals surface area contributed by atoms with Gasteiger partial charge in [-0.15, -0.1) is 0 Å². The second-order valence-electron chi connectivity index (χ2n) is 5.38. The molecule has 3 rings (SSSR count). The minimum Gasteiger partial charge on any atom is -0.326 e. The number of nitrogens with one attached hydrogen (secondary N) is 1. The maximum Gasteiger partial charge on any atom is 0.244 e. The number of nitrogens with two attached hydrogens (primary N) is 1. The molecule has 1 aliphatic rings. The van der Waals surface area contributed by atoms with Gasteiger partial charge in [0.05, 0.1) is 12.0 Å². The van der Waals surface area contributed by atoms with E-state index in [0.29, 0.717) is 13.1 Å². The molecule has 1 heterocycles. The van der Waals surface area contributed by atoms with E-state index in [2.05, 4.69) is 10.3 Å². The van der Waals surface area contributed by atoms with Crippen molar-refractivity contribution in [3.63, 3.8) is 0 Å². The van der Waals surface area contributed by atoms with Gasteiger partial charge in [0.25, 0.3) is 0 Å². The lowest BCUT2D eigenvalue weighted by atomic mass is 10.0. The zero-order chi connectivity index (χ0) is 14.7. The van der Waals surface area contributed by atoms with Gasteiger partial charge in [-0.05, 0) is 37.3 Å². The summed E-state index contributed by atoms with van der Waals surface area (Å²) in [5, 5.41) is 2.94. The summed E-state index contributed by atoms with van der Waals surface area (Å²) >= 11 is 0. The number of hydrogen-bond acceptors (Lipinski definition) is 3. The van der Waals surface area contributed by atoms with Gasteiger partial charge in [-0.3, -0.25) is 4.79 Å². The molecule has 0 radical (unpaired) electrons. The van der Waals surface area contributed by atoms with Crippen molar-refractivity contribution in [3.05, 3.63) is 47.5 Å². The van der Waals surface area contributed by atoms with E-state index in [9.17, 15) is 4.79 Å². The van der Waals surface area contributed by atoms with Gasteiger partial charge in [0.2, 0.25) is 5.91 Å². The number of carbonyl (C=O) groups excluding carboxylic acids is 1. The number of fused-ring (bicyclic) bond motifs is 1. The molecule has 1 aromatic heterocycles. The summed E-state index contributed by atoms with van der Waals surface area (Å²) in [5.41, 5.74) is 9.78. The van der Waals surface area contributed by atoms with Crippen molar-refractivity contribution in [3.8, 4) is 0 Å². The third-order valence-electron chi connectivity index (χ3n) is 3.94. The summed E-state index contributed by atoms with van der Waals surface area (Å²) in [5.74, 6) is -0.0401. The molecule has 0 fully saturated rings. The molecule has 2 aromatic rings. The first-order valence-electron chi connectivity index (χ1n) is 7.38. The van der Waals surface area contributed by atoms with Gasteiger partial charge in [0, 0.05) is 17.9 Å². The summed E-state index contributed by atoms with van der Waals surface area (Å²) in [6.45, 7) is 0.720. The number of imidazole rings is 1. The third kappa shape index (κ3) is 2.97. The summed E-state index contributed by atoms with van der Waals surface area (Å²) in [7, 11) is 0. The number of rotatable bonds is 4. The van der Waals surface area contributed by atoms with Gasteiger partial charge in [-0.1, -0.05) is 18.2 Å². The van der Waals surface area contributed by atoms with Crippen LogP contribution in [0.3, 0.4) is 0 Å². The van der Waals surface area contributed by atoms with Crippen LogP contribution in [0.4, 0.5) is 5.69 Å². The van der Waals surface area contributed by atoms with Gasteiger partial charge >= 0.3 is 0 Å². The van der Waals surface area contributed by atoms with E-state index in [-0.39, 0.29) is 5.91 Å². The first kappa shape index (κ1) is 13.8. The Kier molecular flexibility index (Phi) is 4.01. The van der Waals surface area contributed by atoms with Gasteiger partial charge in [-0.2, -0.15) is 0 Å². The van der Waals surface area contributed by atoms with E-state index in [1.807, 2.05) is 28.8 Å². The molecule has 3 N–H and O–H groups in total. The minimum absolute atomic E-state index is 0.0401. The predicted octanol–water partition coefficient (Wildman–Crippen LogP) is 1.86. The largest absolute Gasteiger partial charge is 0.326 e. The summed E-state index contributed by atoms with van der Waals surface area (Å²) in [6.07, 6.45) is 6.20. The zero-order valence-electron chi connectivity index (χ0n) is 12.0. The van der Waals surface area contributed by atoms with Gasteiger partial charge in [0.1, 0.15) is 6.54 Å². The summed E-state index contributed by atoms with van der Waals surface area (Å²) in [6, 6.07) is 7.62. The molecule has 21 heavy (non-hydrogen) atoms. The average Bonchev–Trinajstić information content (AvgIpc) is 2.91. The van der Waals surface area contributed by atoms with Crippen LogP contribution in [0.2, 0.25) is 0 Å². The van der Waals surface area contributed by atoms with Crippen LogP contribution >= 0.6 is 0 Å². The molecule has 5 heteroatoms. The predicted molar refractivity (Wildman–Crippen MR) is 81.8 cm³/mol. The number of benzene rings is 1. The highest BCUT2D eigenvalue weighted by Gasteiger charge is 2.16. The molecule has 0 spiro atoms. The number of amides is 1. The van der Waals surface area contributed by atoms with Gasteiger partial charge < -0.3 is 15.6 Å². The lowest BCUT2D eigenvalue weighted by Gasteiger charge is -2.14. The fourth-order valence-corrected chi connectivity index (χ4v) is 2.83. The average molecular weight is 284 g/mol. The summed E-state index contributed by atoms with van der Waals surface area (Å²) in [4.78, 5) is 16.6. The number of aryl methyl sites for hydroxylation is 1. The van der Waals surface area contributed by atoms with Crippen molar-refractivity contribution >= 4 is 11.6 Å². The molecule has 110 valence electrons. The maximum atomic E-state index is 12.2. The number of para-hydroxylation sites is 1. The fraction of sp³-hybridized carbons (Fsp3) is 0.375. The molecule has 0 unspecified atom stereocenters. The lowest BCUT2D eigenvalue weighted by Crippen LogP contribution is -2.21. The Morgan fingerprint density at radius 3 is 2.95 bits per heavy atom. The second-order valence-corrected chi connectivity index (χ2v) is 5.38. The van der Waals surface area contributed by atoms with E-state index in [1.165, 1.54) is 18.5 Å². The highest BCUT2D eigenvalue weighted by molar-refractivity contribution is 5.91. The van der Waals surface area contributed by atoms with Crippen molar-refractivity contribution in [1.29, 1.82) is 0 Å². The van der Waals surface area contributed by atoms with E-state index in [0.717, 1.165) is 29.8 Å². The van der Waals surface area contributed by atoms with Crippen LogP contribution in [0.1, 0.15) is 29.8 Å².